The summed E-state index contributed by atoms with van der Waals surface area (Å²) in [5.74, 6) is -1.54. The van der Waals surface area contributed by atoms with E-state index in [0.717, 1.165) is 0 Å². The van der Waals surface area contributed by atoms with E-state index in [0.29, 0.717) is 20.4 Å². The second kappa shape index (κ2) is 9.40. The molecule has 3 aromatic carbocycles. The summed E-state index contributed by atoms with van der Waals surface area (Å²) in [6, 6.07) is 23.5. The summed E-state index contributed by atoms with van der Waals surface area (Å²) in [5, 5.41) is 0. The predicted molar refractivity (Wildman–Crippen MR) is 123 cm³/mol. The molecule has 0 saturated heterocycles. The zero-order valence-electron chi connectivity index (χ0n) is 18.4. The lowest BCUT2D eigenvalue weighted by Gasteiger charge is -2.39. The van der Waals surface area contributed by atoms with Gasteiger partial charge in [-0.05, 0) is 79.6 Å². The van der Waals surface area contributed by atoms with Crippen molar-refractivity contribution in [3.05, 3.63) is 84.9 Å². The third-order valence-corrected chi connectivity index (χ3v) is 9.41. The highest BCUT2D eigenvalue weighted by molar-refractivity contribution is 8.33. The van der Waals surface area contributed by atoms with E-state index in [1.165, 1.54) is 0 Å². The fraction of sp³-hybridized carbons (Fsp3) is 0.250. The van der Waals surface area contributed by atoms with Crippen LogP contribution in [0.3, 0.4) is 0 Å². The SMILES string of the molecule is CC(C)(C)Oc1ccc(S(OS(=O)(=O)CC(F)(F)F)(c2ccccc2)c2ccccc2)cc1. The van der Waals surface area contributed by atoms with Crippen LogP contribution in [-0.4, -0.2) is 25.9 Å². The highest BCUT2D eigenvalue weighted by atomic mass is 32.3. The van der Waals surface area contributed by atoms with E-state index in [1.807, 2.05) is 20.8 Å². The molecule has 0 aliphatic heterocycles. The summed E-state index contributed by atoms with van der Waals surface area (Å²) >= 11 is 0. The average Bonchev–Trinajstić information content (AvgIpc) is 2.71. The fourth-order valence-corrected chi connectivity index (χ4v) is 8.38. The molecule has 0 heterocycles. The second-order valence-corrected chi connectivity index (χ2v) is 12.7. The molecule has 0 amide bonds. The molecular weight excluding hydrogens is 473 g/mol. The zero-order chi connectivity index (χ0) is 24.3. The first kappa shape index (κ1) is 25.1. The van der Waals surface area contributed by atoms with Gasteiger partial charge in [-0.3, -0.25) is 0 Å². The van der Waals surface area contributed by atoms with Gasteiger partial charge >= 0.3 is 6.18 Å². The Morgan fingerprint density at radius 1 is 0.697 bits per heavy atom. The third-order valence-electron chi connectivity index (χ3n) is 4.28. The summed E-state index contributed by atoms with van der Waals surface area (Å²) < 4.78 is 76.1. The lowest BCUT2D eigenvalue weighted by Crippen LogP contribution is -2.26. The van der Waals surface area contributed by atoms with Gasteiger partial charge in [0.15, 0.2) is 5.75 Å². The first-order valence-corrected chi connectivity index (χ1v) is 13.2. The van der Waals surface area contributed by atoms with E-state index in [9.17, 15) is 21.6 Å². The van der Waals surface area contributed by atoms with Gasteiger partial charge in [-0.1, -0.05) is 36.4 Å². The van der Waals surface area contributed by atoms with E-state index < -0.39 is 38.0 Å². The van der Waals surface area contributed by atoms with Crippen LogP contribution < -0.4 is 4.74 Å². The van der Waals surface area contributed by atoms with Gasteiger partial charge in [-0.15, -0.1) is 0 Å². The van der Waals surface area contributed by atoms with Gasteiger partial charge < -0.3 is 4.74 Å². The van der Waals surface area contributed by atoms with Crippen LogP contribution >= 0.6 is 10.3 Å². The molecule has 0 N–H and O–H groups in total. The minimum absolute atomic E-state index is 0.423. The fourth-order valence-electron chi connectivity index (χ4n) is 3.18. The molecule has 0 spiro atoms. The van der Waals surface area contributed by atoms with Crippen molar-refractivity contribution in [2.24, 2.45) is 0 Å². The van der Waals surface area contributed by atoms with Crippen molar-refractivity contribution in [1.29, 1.82) is 0 Å². The minimum atomic E-state index is -5.00. The number of halogens is 3. The smallest absolute Gasteiger partial charge is 0.405 e. The summed E-state index contributed by atoms with van der Waals surface area (Å²) in [4.78, 5) is 1.32. The number of hydrogen-bond acceptors (Lipinski definition) is 4. The topological polar surface area (TPSA) is 52.6 Å². The molecule has 3 rings (SSSR count). The number of alkyl halides is 3. The van der Waals surface area contributed by atoms with E-state index in [1.54, 1.807) is 84.9 Å². The third kappa shape index (κ3) is 6.52. The summed E-state index contributed by atoms with van der Waals surface area (Å²) in [5.41, 5.74) is -0.461. The highest BCUT2D eigenvalue weighted by Gasteiger charge is 2.43. The number of ether oxygens (including phenoxy) is 1. The van der Waals surface area contributed by atoms with Crippen molar-refractivity contribution < 1.29 is 30.0 Å². The molecule has 0 aliphatic carbocycles. The van der Waals surface area contributed by atoms with Gasteiger partial charge in [0.05, 0.1) is 0 Å². The molecule has 178 valence electrons. The normalized spacial score (nSPS) is 13.5. The Kier molecular flexibility index (Phi) is 7.16. The van der Waals surface area contributed by atoms with Gasteiger partial charge in [0.25, 0.3) is 10.1 Å². The Balaban J connectivity index is 2.24. The van der Waals surface area contributed by atoms with Crippen molar-refractivity contribution in [2.45, 2.75) is 47.2 Å². The first-order chi connectivity index (χ1) is 15.3. The summed E-state index contributed by atoms with van der Waals surface area (Å²) in [6.45, 7) is 5.66. The van der Waals surface area contributed by atoms with Crippen LogP contribution in [0.2, 0.25) is 0 Å². The monoisotopic (exact) mass is 498 g/mol. The predicted octanol–water partition coefficient (Wildman–Crippen LogP) is 6.97. The van der Waals surface area contributed by atoms with Crippen molar-refractivity contribution in [1.82, 2.24) is 0 Å². The molecule has 0 radical (unpaired) electrons. The van der Waals surface area contributed by atoms with Gasteiger partial charge in [0.1, 0.15) is 11.4 Å². The van der Waals surface area contributed by atoms with Gasteiger partial charge in [-0.25, -0.2) is 3.63 Å². The summed E-state index contributed by atoms with van der Waals surface area (Å²) in [7, 11) is -8.07. The van der Waals surface area contributed by atoms with Crippen molar-refractivity contribution in [2.75, 3.05) is 5.75 Å². The molecule has 0 aromatic heterocycles. The molecule has 0 bridgehead atoms. The molecule has 0 aliphatic rings. The molecule has 0 saturated carbocycles. The Hall–Kier alpha value is -2.49. The van der Waals surface area contributed by atoms with Crippen LogP contribution in [0.25, 0.3) is 0 Å². The standard InChI is InChI=1S/C24H25F3O4S2/c1-23(2,3)30-19-14-16-22(17-15-19)33(20-10-6-4-7-11-20,21-12-8-5-9-13-21)31-32(28,29)18-24(25,26)27/h4-17H,18H2,1-3H3. The molecule has 0 atom stereocenters. The summed E-state index contributed by atoms with van der Waals surface area (Å²) in [6.07, 6.45) is -4.94. The van der Waals surface area contributed by atoms with Crippen LogP contribution in [0, 0.1) is 0 Å². The lowest BCUT2D eigenvalue weighted by molar-refractivity contribution is -0.107. The minimum Gasteiger partial charge on any atom is -0.488 e. The van der Waals surface area contributed by atoms with Crippen molar-refractivity contribution in [3.63, 3.8) is 0 Å². The zero-order valence-corrected chi connectivity index (χ0v) is 20.0. The molecule has 0 unspecified atom stereocenters. The Bertz CT molecular complexity index is 1120. The average molecular weight is 499 g/mol. The van der Waals surface area contributed by atoms with Gasteiger partial charge in [0, 0.05) is 14.7 Å². The van der Waals surface area contributed by atoms with Crippen LogP contribution in [-0.2, 0) is 13.7 Å². The first-order valence-electron chi connectivity index (χ1n) is 10.0. The van der Waals surface area contributed by atoms with Crippen LogP contribution in [0.5, 0.6) is 5.75 Å². The van der Waals surface area contributed by atoms with Crippen molar-refractivity contribution >= 4 is 20.4 Å². The molecule has 33 heavy (non-hydrogen) atoms. The Morgan fingerprint density at radius 3 is 1.52 bits per heavy atom. The maximum Gasteiger partial charge on any atom is 0.405 e. The quantitative estimate of drug-likeness (QED) is 0.353. The lowest BCUT2D eigenvalue weighted by atomic mass is 10.2. The van der Waals surface area contributed by atoms with E-state index in [2.05, 4.69) is 0 Å². The molecule has 9 heteroatoms. The number of hydrogen-bond donors (Lipinski definition) is 0. The van der Waals surface area contributed by atoms with Crippen LogP contribution in [0.4, 0.5) is 13.2 Å². The maximum absolute atomic E-state index is 13.1. The van der Waals surface area contributed by atoms with Crippen molar-refractivity contribution in [3.8, 4) is 5.75 Å². The van der Waals surface area contributed by atoms with Crippen LogP contribution in [0.15, 0.2) is 99.6 Å². The molecule has 3 aromatic rings. The van der Waals surface area contributed by atoms with E-state index in [-0.39, 0.29) is 0 Å². The molecular formula is C24H25F3O4S2. The largest absolute Gasteiger partial charge is 0.488 e. The highest BCUT2D eigenvalue weighted by Crippen LogP contribution is 2.70. The Labute approximate surface area is 194 Å². The van der Waals surface area contributed by atoms with E-state index in [4.69, 9.17) is 8.37 Å². The molecule has 0 fully saturated rings. The second-order valence-electron chi connectivity index (χ2n) is 8.25. The number of benzene rings is 3. The van der Waals surface area contributed by atoms with E-state index >= 15 is 0 Å². The molecule has 4 nitrogen and oxygen atoms in total. The Morgan fingerprint density at radius 2 is 1.12 bits per heavy atom. The maximum atomic E-state index is 13.1. The van der Waals surface area contributed by atoms with Crippen LogP contribution in [0.1, 0.15) is 20.8 Å². The van der Waals surface area contributed by atoms with Gasteiger partial charge in [-0.2, -0.15) is 21.6 Å². The number of rotatable bonds is 7. The van der Waals surface area contributed by atoms with Gasteiger partial charge in [0.2, 0.25) is 0 Å².